The number of rotatable bonds is 4. The van der Waals surface area contributed by atoms with Crippen molar-refractivity contribution in [2.24, 2.45) is 5.92 Å². The van der Waals surface area contributed by atoms with Crippen LogP contribution >= 0.6 is 23.4 Å². The maximum atomic E-state index is 13.7. The van der Waals surface area contributed by atoms with E-state index in [0.717, 1.165) is 42.5 Å². The predicted molar refractivity (Wildman–Crippen MR) is 109 cm³/mol. The van der Waals surface area contributed by atoms with E-state index in [1.165, 1.54) is 11.6 Å². The van der Waals surface area contributed by atoms with Gasteiger partial charge in [0.2, 0.25) is 0 Å². The fraction of sp³-hybridized carbons (Fsp3) is 0.476. The molecule has 26 heavy (non-hydrogen) atoms. The van der Waals surface area contributed by atoms with Gasteiger partial charge in [0.05, 0.1) is 11.4 Å². The molecule has 138 valence electrons. The highest BCUT2D eigenvalue weighted by Crippen LogP contribution is 2.42. The normalized spacial score (nSPS) is 27.2. The number of fused-ring (bicyclic) bond motifs is 1. The fourth-order valence-electron chi connectivity index (χ4n) is 4.36. The highest BCUT2D eigenvalue weighted by atomic mass is 35.5. The summed E-state index contributed by atoms with van der Waals surface area (Å²) in [5, 5.41) is 3.28. The maximum absolute atomic E-state index is 13.7. The second kappa shape index (κ2) is 7.77. The first kappa shape index (κ1) is 18.1. The van der Waals surface area contributed by atoms with E-state index in [1.807, 2.05) is 24.0 Å². The Bertz CT molecular complexity index is 812. The van der Waals surface area contributed by atoms with Crippen LogP contribution < -0.4 is 0 Å². The molecule has 1 aromatic carbocycles. The minimum Gasteiger partial charge on any atom is -0.365 e. The van der Waals surface area contributed by atoms with Crippen LogP contribution in [0.15, 0.2) is 42.1 Å². The summed E-state index contributed by atoms with van der Waals surface area (Å²) in [5.41, 5.74) is 2.06. The molecule has 3 unspecified atom stereocenters. The zero-order valence-corrected chi connectivity index (χ0v) is 16.5. The minimum absolute atomic E-state index is 0.173. The van der Waals surface area contributed by atoms with Crippen molar-refractivity contribution >= 4 is 34.3 Å². The number of thioether (sulfide) groups is 1. The summed E-state index contributed by atoms with van der Waals surface area (Å²) in [6.07, 6.45) is 8.37. The van der Waals surface area contributed by atoms with E-state index in [0.29, 0.717) is 17.9 Å². The smallest absolute Gasteiger partial charge is 0.123 e. The molecule has 5 heteroatoms. The average molecular weight is 391 g/mol. The highest BCUT2D eigenvalue weighted by molar-refractivity contribution is 8.02. The summed E-state index contributed by atoms with van der Waals surface area (Å²) in [6, 6.07) is 7.44. The molecule has 2 aliphatic rings. The number of alkyl halides is 1. The average Bonchev–Trinajstić information content (AvgIpc) is 3.18. The zero-order valence-electron chi connectivity index (χ0n) is 14.9. The van der Waals surface area contributed by atoms with Crippen molar-refractivity contribution < 1.29 is 4.39 Å². The monoisotopic (exact) mass is 390 g/mol. The van der Waals surface area contributed by atoms with E-state index in [4.69, 9.17) is 11.6 Å². The predicted octanol–water partition coefficient (Wildman–Crippen LogP) is 6.12. The van der Waals surface area contributed by atoms with Crippen LogP contribution in [0.3, 0.4) is 0 Å². The van der Waals surface area contributed by atoms with Gasteiger partial charge < -0.3 is 4.90 Å². The van der Waals surface area contributed by atoms with Crippen LogP contribution in [-0.2, 0) is 0 Å². The van der Waals surface area contributed by atoms with Crippen LogP contribution in [0.4, 0.5) is 4.39 Å². The third-order valence-corrected chi connectivity index (χ3v) is 7.16. The van der Waals surface area contributed by atoms with Gasteiger partial charge in [0.15, 0.2) is 0 Å². The number of nitrogens with zero attached hydrogens (tertiary/aromatic N) is 2. The van der Waals surface area contributed by atoms with Gasteiger partial charge >= 0.3 is 0 Å². The lowest BCUT2D eigenvalue weighted by Gasteiger charge is -2.36. The standard InChI is InChI=1S/C21H24ClFN2S/c1-14(25-8-9-26-13-25)10-16-3-2-15(11-20(16)22)18-6-7-24-21-5-4-17(23)12-19(18)21/h4-9,12,14-16,20H,2-3,10-11,13H2,1H3/t14-,15?,16?,20?/m1/s1. The molecule has 2 nitrogen and oxygen atoms in total. The number of hydrogen-bond donors (Lipinski definition) is 0. The van der Waals surface area contributed by atoms with Crippen molar-refractivity contribution in [2.45, 2.75) is 49.9 Å². The molecule has 0 N–H and O–H groups in total. The Morgan fingerprint density at radius 2 is 2.23 bits per heavy atom. The summed E-state index contributed by atoms with van der Waals surface area (Å²) in [6.45, 7) is 2.30. The largest absolute Gasteiger partial charge is 0.365 e. The molecule has 1 aliphatic heterocycles. The van der Waals surface area contributed by atoms with Crippen molar-refractivity contribution in [3.8, 4) is 0 Å². The van der Waals surface area contributed by atoms with E-state index in [2.05, 4.69) is 28.4 Å². The van der Waals surface area contributed by atoms with Gasteiger partial charge in [-0.1, -0.05) is 0 Å². The Balaban J connectivity index is 1.47. The van der Waals surface area contributed by atoms with Crippen molar-refractivity contribution in [3.05, 3.63) is 53.5 Å². The molecular weight excluding hydrogens is 367 g/mol. The van der Waals surface area contributed by atoms with Crippen LogP contribution in [0.2, 0.25) is 0 Å². The molecule has 2 aromatic rings. The Hall–Kier alpha value is -1.26. The van der Waals surface area contributed by atoms with Crippen LogP contribution in [0, 0.1) is 11.7 Å². The first-order valence-electron chi connectivity index (χ1n) is 9.34. The topological polar surface area (TPSA) is 16.1 Å². The van der Waals surface area contributed by atoms with E-state index in [-0.39, 0.29) is 11.2 Å². The third kappa shape index (κ3) is 3.72. The fourth-order valence-corrected chi connectivity index (χ4v) is 5.65. The van der Waals surface area contributed by atoms with Gasteiger partial charge in [0.25, 0.3) is 0 Å². The van der Waals surface area contributed by atoms with Crippen molar-refractivity contribution in [1.29, 1.82) is 0 Å². The van der Waals surface area contributed by atoms with Gasteiger partial charge in [0, 0.05) is 29.2 Å². The van der Waals surface area contributed by atoms with E-state index in [9.17, 15) is 4.39 Å². The zero-order chi connectivity index (χ0) is 18.1. The van der Waals surface area contributed by atoms with Crippen LogP contribution in [0.25, 0.3) is 10.9 Å². The Kier molecular flexibility index (Phi) is 5.42. The third-order valence-electron chi connectivity index (χ3n) is 5.87. The Labute approximate surface area is 163 Å². The van der Waals surface area contributed by atoms with Crippen molar-refractivity contribution in [1.82, 2.24) is 9.88 Å². The summed E-state index contributed by atoms with van der Waals surface area (Å²) < 4.78 is 13.7. The Morgan fingerprint density at radius 3 is 3.00 bits per heavy atom. The van der Waals surface area contributed by atoms with Crippen LogP contribution in [0.5, 0.6) is 0 Å². The van der Waals surface area contributed by atoms with Gasteiger partial charge in [-0.2, -0.15) is 0 Å². The molecule has 4 rings (SSSR count). The van der Waals surface area contributed by atoms with Gasteiger partial charge in [-0.25, -0.2) is 4.39 Å². The molecule has 4 atom stereocenters. The quantitative estimate of drug-likeness (QED) is 0.585. The van der Waals surface area contributed by atoms with E-state index < -0.39 is 0 Å². The molecule has 0 spiro atoms. The SMILES string of the molecule is C[C@H](CC1CCC(c2ccnc3ccc(F)cc23)CC1Cl)N1C=CSC1. The molecular formula is C21H24ClFN2S. The number of aromatic nitrogens is 1. The number of halogens is 2. The molecule has 0 radical (unpaired) electrons. The lowest BCUT2D eigenvalue weighted by atomic mass is 9.75. The second-order valence-corrected chi connectivity index (χ2v) is 8.95. The van der Waals surface area contributed by atoms with Gasteiger partial charge in [-0.15, -0.1) is 23.4 Å². The van der Waals surface area contributed by atoms with Crippen LogP contribution in [-0.4, -0.2) is 27.2 Å². The number of hydrogen-bond acceptors (Lipinski definition) is 3. The molecule has 0 bridgehead atoms. The molecule has 0 saturated heterocycles. The highest BCUT2D eigenvalue weighted by Gasteiger charge is 2.32. The first-order valence-corrected chi connectivity index (χ1v) is 10.8. The lowest BCUT2D eigenvalue weighted by molar-refractivity contribution is 0.238. The molecule has 0 amide bonds. The molecule has 1 aliphatic carbocycles. The lowest BCUT2D eigenvalue weighted by Crippen LogP contribution is -2.33. The van der Waals surface area contributed by atoms with Crippen molar-refractivity contribution in [3.63, 3.8) is 0 Å². The van der Waals surface area contributed by atoms with Gasteiger partial charge in [-0.3, -0.25) is 4.98 Å². The maximum Gasteiger partial charge on any atom is 0.123 e. The van der Waals surface area contributed by atoms with E-state index in [1.54, 1.807) is 12.1 Å². The molecule has 1 fully saturated rings. The number of pyridine rings is 1. The van der Waals surface area contributed by atoms with Gasteiger partial charge in [-0.05, 0) is 79.7 Å². The van der Waals surface area contributed by atoms with E-state index >= 15 is 0 Å². The summed E-state index contributed by atoms with van der Waals surface area (Å²) in [5.74, 6) is 1.79. The molecule has 1 saturated carbocycles. The summed E-state index contributed by atoms with van der Waals surface area (Å²) in [4.78, 5) is 6.78. The molecule has 1 aromatic heterocycles. The second-order valence-electron chi connectivity index (χ2n) is 7.53. The summed E-state index contributed by atoms with van der Waals surface area (Å²) in [7, 11) is 0. The Morgan fingerprint density at radius 1 is 1.35 bits per heavy atom. The van der Waals surface area contributed by atoms with Gasteiger partial charge in [0.1, 0.15) is 5.82 Å². The first-order chi connectivity index (χ1) is 12.6. The van der Waals surface area contributed by atoms with Crippen LogP contribution in [0.1, 0.15) is 44.1 Å². The summed E-state index contributed by atoms with van der Waals surface area (Å²) >= 11 is 8.68. The molecule has 2 heterocycles. The van der Waals surface area contributed by atoms with Crippen molar-refractivity contribution in [2.75, 3.05) is 5.88 Å². The minimum atomic E-state index is -0.201. The number of benzene rings is 1.